The molecule has 0 aliphatic rings. The molecule has 3 aromatic carbocycles. The van der Waals surface area contributed by atoms with E-state index in [1.54, 1.807) is 54.6 Å². The van der Waals surface area contributed by atoms with Gasteiger partial charge >= 0.3 is 7.82 Å². The number of nitrogens with zero attached hydrogens (tertiary/aromatic N) is 3. The molecular formula is C18H18Cl3N6O4P. The van der Waals surface area contributed by atoms with E-state index in [2.05, 4.69) is 0 Å². The van der Waals surface area contributed by atoms with Crippen LogP contribution in [0.15, 0.2) is 72.8 Å². The zero-order valence-electron chi connectivity index (χ0n) is 16.2. The Morgan fingerprint density at radius 1 is 0.562 bits per heavy atom. The van der Waals surface area contributed by atoms with Crippen LogP contribution in [-0.4, -0.2) is 0 Å². The number of anilines is 3. The van der Waals surface area contributed by atoms with Crippen LogP contribution in [0.3, 0.4) is 0 Å². The summed E-state index contributed by atoms with van der Waals surface area (Å²) in [4.78, 5) is 0. The van der Waals surface area contributed by atoms with Crippen LogP contribution >= 0.6 is 42.6 Å². The Morgan fingerprint density at radius 2 is 0.812 bits per heavy atom. The van der Waals surface area contributed by atoms with Crippen molar-refractivity contribution in [2.24, 2.45) is 17.5 Å². The van der Waals surface area contributed by atoms with E-state index >= 15 is 0 Å². The van der Waals surface area contributed by atoms with Gasteiger partial charge in [-0.3, -0.25) is 0 Å². The molecule has 3 rings (SSSR count). The molecule has 0 unspecified atom stereocenters. The largest absolute Gasteiger partial charge is 0.543 e. The molecule has 6 N–H and O–H groups in total. The Morgan fingerprint density at radius 3 is 1.06 bits per heavy atom. The van der Waals surface area contributed by atoms with Gasteiger partial charge in [0.15, 0.2) is 0 Å². The average Bonchev–Trinajstić information content (AvgIpc) is 2.74. The van der Waals surface area contributed by atoms with Gasteiger partial charge in [0.2, 0.25) is 0 Å². The molecule has 0 saturated heterocycles. The summed E-state index contributed by atoms with van der Waals surface area (Å²) in [6.07, 6.45) is 0. The summed E-state index contributed by atoms with van der Waals surface area (Å²) in [7, 11) is -4.72. The summed E-state index contributed by atoms with van der Waals surface area (Å²) in [6, 6.07) is 19.1. The van der Waals surface area contributed by atoms with Crippen LogP contribution in [0.5, 0.6) is 0 Å². The number of hydrogen-bond acceptors (Lipinski definition) is 10. The van der Waals surface area contributed by atoms with Crippen LogP contribution in [0.25, 0.3) is 0 Å². The number of para-hydroxylation sites is 3. The molecule has 0 radical (unpaired) electrons. The number of phosphoric acid groups is 1. The first-order valence-electron chi connectivity index (χ1n) is 8.77. The topological polar surface area (TPSA) is 133 Å². The van der Waals surface area contributed by atoms with Crippen molar-refractivity contribution in [3.05, 3.63) is 87.9 Å². The van der Waals surface area contributed by atoms with Crippen molar-refractivity contribution in [2.45, 2.75) is 0 Å². The standard InChI is InChI=1S/C18H18Cl3N6O4P/c19-13-7-1-4-10-16(13)25(22)29-32(28,30-26(23)17-11-5-2-8-14(17)20)31-27(24)18-12-6-3-9-15(18)21/h1-12H,22-24H2. The van der Waals surface area contributed by atoms with Gasteiger partial charge in [0.05, 0.1) is 15.1 Å². The lowest BCUT2D eigenvalue weighted by molar-refractivity contribution is 0.0861. The molecular weight excluding hydrogens is 502 g/mol. The van der Waals surface area contributed by atoms with Gasteiger partial charge in [0, 0.05) is 0 Å². The second-order valence-corrected chi connectivity index (χ2v) is 8.63. The average molecular weight is 520 g/mol. The van der Waals surface area contributed by atoms with Gasteiger partial charge in [-0.05, 0) is 36.4 Å². The molecule has 3 aromatic rings. The normalized spacial score (nSPS) is 11.3. The maximum atomic E-state index is 13.5. The minimum Gasteiger partial charge on any atom is -0.222 e. The van der Waals surface area contributed by atoms with E-state index in [1.165, 1.54) is 18.2 Å². The first-order chi connectivity index (χ1) is 15.2. The lowest BCUT2D eigenvalue weighted by Crippen LogP contribution is -2.38. The van der Waals surface area contributed by atoms with E-state index in [0.29, 0.717) is 15.5 Å². The molecule has 170 valence electrons. The quantitative estimate of drug-likeness (QED) is 0.202. The number of hydrogen-bond donors (Lipinski definition) is 3. The Balaban J connectivity index is 1.90. The van der Waals surface area contributed by atoms with Gasteiger partial charge in [0.25, 0.3) is 0 Å². The van der Waals surface area contributed by atoms with E-state index in [4.69, 9.17) is 66.2 Å². The maximum absolute atomic E-state index is 13.5. The lowest BCUT2D eigenvalue weighted by Gasteiger charge is -2.29. The van der Waals surface area contributed by atoms with Crippen molar-refractivity contribution < 1.29 is 18.4 Å². The summed E-state index contributed by atoms with van der Waals surface area (Å²) < 4.78 is 29.4. The van der Waals surface area contributed by atoms with E-state index < -0.39 is 7.82 Å². The minimum absolute atomic E-state index is 0.157. The highest BCUT2D eigenvalue weighted by Crippen LogP contribution is 2.53. The highest BCUT2D eigenvalue weighted by atomic mass is 35.5. The predicted octanol–water partition coefficient (Wildman–Crippen LogP) is 4.99. The Hall–Kier alpha value is -2.08. The third kappa shape index (κ3) is 6.03. The van der Waals surface area contributed by atoms with Gasteiger partial charge in [-0.1, -0.05) is 71.2 Å². The van der Waals surface area contributed by atoms with Crippen molar-refractivity contribution in [2.75, 3.05) is 15.5 Å². The van der Waals surface area contributed by atoms with Crippen LogP contribution in [0.4, 0.5) is 17.1 Å². The predicted molar refractivity (Wildman–Crippen MR) is 125 cm³/mol. The number of nitrogens with two attached hydrogens (primary N) is 3. The third-order valence-corrected chi connectivity index (χ3v) is 5.92. The molecule has 0 aliphatic heterocycles. The maximum Gasteiger partial charge on any atom is 0.543 e. The Kier molecular flexibility index (Phi) is 8.21. The van der Waals surface area contributed by atoms with Crippen molar-refractivity contribution in [3.8, 4) is 0 Å². The summed E-state index contributed by atoms with van der Waals surface area (Å²) >= 11 is 18.3. The fourth-order valence-electron chi connectivity index (χ4n) is 2.39. The molecule has 0 heterocycles. The minimum atomic E-state index is -4.72. The fraction of sp³-hybridized carbons (Fsp3) is 0. The van der Waals surface area contributed by atoms with E-state index in [0.717, 1.165) is 0 Å². The monoisotopic (exact) mass is 518 g/mol. The van der Waals surface area contributed by atoms with Crippen molar-refractivity contribution in [1.29, 1.82) is 0 Å². The fourth-order valence-corrected chi connectivity index (χ4v) is 4.05. The molecule has 0 fully saturated rings. The van der Waals surface area contributed by atoms with E-state index in [9.17, 15) is 4.57 Å². The summed E-state index contributed by atoms with van der Waals surface area (Å²) in [5, 5.41) is 2.41. The van der Waals surface area contributed by atoms with Gasteiger partial charge in [0.1, 0.15) is 17.1 Å². The molecule has 0 spiro atoms. The highest BCUT2D eigenvalue weighted by Gasteiger charge is 2.38. The van der Waals surface area contributed by atoms with Crippen LogP contribution in [0.2, 0.25) is 15.1 Å². The summed E-state index contributed by atoms with van der Waals surface area (Å²) in [6.45, 7) is 0. The number of hydrazine groups is 3. The molecule has 0 bridgehead atoms. The van der Waals surface area contributed by atoms with Crippen LogP contribution in [0, 0.1) is 0 Å². The van der Waals surface area contributed by atoms with E-state index in [-0.39, 0.29) is 32.1 Å². The highest BCUT2D eigenvalue weighted by molar-refractivity contribution is 7.48. The van der Waals surface area contributed by atoms with E-state index in [1.807, 2.05) is 0 Å². The molecule has 32 heavy (non-hydrogen) atoms. The van der Waals surface area contributed by atoms with Crippen LogP contribution in [-0.2, 0) is 18.4 Å². The molecule has 0 amide bonds. The third-order valence-electron chi connectivity index (χ3n) is 3.83. The first kappa shape index (κ1) is 24.6. The van der Waals surface area contributed by atoms with Crippen LogP contribution < -0.4 is 33.0 Å². The molecule has 0 aliphatic carbocycles. The Bertz CT molecular complexity index is 991. The number of benzene rings is 3. The van der Waals surface area contributed by atoms with Crippen molar-refractivity contribution in [1.82, 2.24) is 0 Å². The van der Waals surface area contributed by atoms with Crippen molar-refractivity contribution in [3.63, 3.8) is 0 Å². The number of rotatable bonds is 9. The lowest BCUT2D eigenvalue weighted by atomic mass is 10.3. The molecule has 0 atom stereocenters. The smallest absolute Gasteiger partial charge is 0.222 e. The molecule has 0 aromatic heterocycles. The van der Waals surface area contributed by atoms with Gasteiger partial charge in [-0.15, -0.1) is 13.9 Å². The summed E-state index contributed by atoms with van der Waals surface area (Å²) in [5.41, 5.74) is 0.470. The molecule has 10 nitrogen and oxygen atoms in total. The van der Waals surface area contributed by atoms with Crippen molar-refractivity contribution >= 4 is 59.7 Å². The zero-order chi connectivity index (χ0) is 23.3. The van der Waals surface area contributed by atoms with Gasteiger partial charge < -0.3 is 0 Å². The zero-order valence-corrected chi connectivity index (χ0v) is 19.4. The van der Waals surface area contributed by atoms with Crippen LogP contribution in [0.1, 0.15) is 0 Å². The molecule has 0 saturated carbocycles. The summed E-state index contributed by atoms with van der Waals surface area (Å²) in [5.74, 6) is 17.7. The second kappa shape index (κ2) is 10.7. The first-order valence-corrected chi connectivity index (χ1v) is 11.4. The number of halogens is 3. The van der Waals surface area contributed by atoms with Gasteiger partial charge in [-0.25, -0.2) is 22.1 Å². The molecule has 14 heteroatoms. The SMILES string of the molecule is NN(OP(=O)(ON(N)c1ccccc1Cl)ON(N)c1ccccc1Cl)c1ccccc1Cl. The second-order valence-electron chi connectivity index (χ2n) is 6.02. The van der Waals surface area contributed by atoms with Gasteiger partial charge in [-0.2, -0.15) is 15.5 Å². The Labute approximate surface area is 198 Å².